The van der Waals surface area contributed by atoms with Crippen molar-refractivity contribution >= 4 is 0 Å². The van der Waals surface area contributed by atoms with Gasteiger partial charge >= 0.3 is 0 Å². The number of aliphatic hydroxyl groups is 1. The van der Waals surface area contributed by atoms with E-state index in [0.29, 0.717) is 10.8 Å². The van der Waals surface area contributed by atoms with Crippen LogP contribution in [0.25, 0.3) is 0 Å². The number of hydrogen-bond donors (Lipinski definition) is 1. The first kappa shape index (κ1) is 21.5. The predicted molar refractivity (Wildman–Crippen MR) is 126 cm³/mol. The summed E-state index contributed by atoms with van der Waals surface area (Å²) in [5.41, 5.74) is 2.60. The van der Waals surface area contributed by atoms with Crippen molar-refractivity contribution in [2.24, 2.45) is 58.2 Å². The van der Waals surface area contributed by atoms with Crippen molar-refractivity contribution in [1.29, 1.82) is 0 Å². The molecule has 0 aliphatic heterocycles. The van der Waals surface area contributed by atoms with Gasteiger partial charge in [0.05, 0.1) is 6.10 Å². The van der Waals surface area contributed by atoms with Gasteiger partial charge in [-0.25, -0.2) is 0 Å². The first-order valence-corrected chi connectivity index (χ1v) is 13.6. The lowest BCUT2D eigenvalue weighted by atomic mass is 9.47. The Morgan fingerprint density at radius 2 is 1.73 bits per heavy atom. The van der Waals surface area contributed by atoms with Crippen molar-refractivity contribution in [2.45, 2.75) is 111 Å². The van der Waals surface area contributed by atoms with Crippen LogP contribution in [0.2, 0.25) is 0 Å². The van der Waals surface area contributed by atoms with Gasteiger partial charge in [-0.3, -0.25) is 0 Å². The zero-order valence-electron chi connectivity index (χ0n) is 20.5. The van der Waals surface area contributed by atoms with E-state index in [1.54, 1.807) is 5.57 Å². The zero-order valence-corrected chi connectivity index (χ0v) is 20.5. The van der Waals surface area contributed by atoms with Crippen LogP contribution >= 0.6 is 0 Å². The van der Waals surface area contributed by atoms with E-state index in [2.05, 4.69) is 40.7 Å². The molecular weight excluding hydrogens is 364 g/mol. The van der Waals surface area contributed by atoms with Crippen molar-refractivity contribution in [3.63, 3.8) is 0 Å². The first-order valence-electron chi connectivity index (χ1n) is 13.6. The SMILES string of the molecule is C[C@H](CC[C@@H](C)[C@H]1CC[C@H]2[C@@H]3CC=C4C[C@@H](O)CC[C@]4(C)[C@H]3CC[C@]12C)[C@@H]1C[C@@H]1C. The van der Waals surface area contributed by atoms with Crippen molar-refractivity contribution in [3.8, 4) is 0 Å². The second-order valence-electron chi connectivity index (χ2n) is 13.3. The molecule has 5 aliphatic rings. The van der Waals surface area contributed by atoms with E-state index in [1.807, 2.05) is 0 Å². The number of rotatable bonds is 5. The summed E-state index contributed by atoms with van der Waals surface area (Å²) in [6, 6.07) is 0. The molecule has 5 rings (SSSR count). The molecule has 11 atom stereocenters. The largest absolute Gasteiger partial charge is 0.393 e. The van der Waals surface area contributed by atoms with Crippen LogP contribution in [0.15, 0.2) is 11.6 Å². The van der Waals surface area contributed by atoms with Crippen LogP contribution in [0.5, 0.6) is 0 Å². The summed E-state index contributed by atoms with van der Waals surface area (Å²) < 4.78 is 0. The molecule has 0 bridgehead atoms. The highest BCUT2D eigenvalue weighted by Crippen LogP contribution is 2.67. The molecule has 4 saturated carbocycles. The second kappa shape index (κ2) is 7.64. The summed E-state index contributed by atoms with van der Waals surface area (Å²) in [5, 5.41) is 10.2. The summed E-state index contributed by atoms with van der Waals surface area (Å²) in [6.45, 7) is 12.9. The minimum absolute atomic E-state index is 0.0764. The Bertz CT molecular complexity index is 680. The third-order valence-corrected chi connectivity index (χ3v) is 11.8. The van der Waals surface area contributed by atoms with Crippen LogP contribution in [0.4, 0.5) is 0 Å². The van der Waals surface area contributed by atoms with Gasteiger partial charge in [0.2, 0.25) is 0 Å². The molecule has 5 aliphatic carbocycles. The maximum absolute atomic E-state index is 10.2. The standard InChI is InChI=1S/C29H48O/c1-18(24-16-20(24)3)6-7-19(2)25-10-11-26-23-9-8-21-17-22(30)12-14-28(21,4)27(23)13-15-29(25,26)5/h8,18-20,22-27,30H,6-7,9-17H2,1-5H3/t18-,19-,20+,22+,23+,24+,25-,26+,27+,28+,29-/m1/s1. The predicted octanol–water partition coefficient (Wildman–Crippen LogP) is 7.63. The van der Waals surface area contributed by atoms with Gasteiger partial charge in [0.15, 0.2) is 0 Å². The lowest BCUT2D eigenvalue weighted by molar-refractivity contribution is -0.0574. The van der Waals surface area contributed by atoms with Gasteiger partial charge < -0.3 is 5.11 Å². The van der Waals surface area contributed by atoms with Crippen molar-refractivity contribution in [3.05, 3.63) is 11.6 Å². The summed E-state index contributed by atoms with van der Waals surface area (Å²) in [6.07, 6.45) is 17.4. The quantitative estimate of drug-likeness (QED) is 0.460. The molecule has 0 spiro atoms. The number of hydrogen-bond acceptors (Lipinski definition) is 1. The van der Waals surface area contributed by atoms with Gasteiger partial charge in [-0.05, 0) is 116 Å². The van der Waals surface area contributed by atoms with Crippen LogP contribution in [0.1, 0.15) is 105 Å². The van der Waals surface area contributed by atoms with Crippen molar-refractivity contribution in [1.82, 2.24) is 0 Å². The van der Waals surface area contributed by atoms with E-state index in [-0.39, 0.29) is 6.10 Å². The minimum Gasteiger partial charge on any atom is -0.393 e. The smallest absolute Gasteiger partial charge is 0.0577 e. The Morgan fingerprint density at radius 1 is 1.00 bits per heavy atom. The fourth-order valence-electron chi connectivity index (χ4n) is 9.70. The van der Waals surface area contributed by atoms with Crippen LogP contribution in [-0.4, -0.2) is 11.2 Å². The number of allylic oxidation sites excluding steroid dienone is 1. The van der Waals surface area contributed by atoms with Gasteiger partial charge in [0.1, 0.15) is 0 Å². The third-order valence-electron chi connectivity index (χ3n) is 11.8. The molecule has 30 heavy (non-hydrogen) atoms. The average Bonchev–Trinajstić information content (AvgIpc) is 3.33. The Hall–Kier alpha value is -0.300. The summed E-state index contributed by atoms with van der Waals surface area (Å²) >= 11 is 0. The minimum atomic E-state index is -0.0764. The number of fused-ring (bicyclic) bond motifs is 5. The van der Waals surface area contributed by atoms with Gasteiger partial charge in [0, 0.05) is 0 Å². The molecule has 4 fully saturated rings. The molecule has 0 amide bonds. The van der Waals surface area contributed by atoms with E-state index in [9.17, 15) is 5.11 Å². The molecule has 1 nitrogen and oxygen atoms in total. The molecule has 0 radical (unpaired) electrons. The van der Waals surface area contributed by atoms with E-state index < -0.39 is 0 Å². The van der Waals surface area contributed by atoms with Gasteiger partial charge in [-0.15, -0.1) is 0 Å². The van der Waals surface area contributed by atoms with Crippen molar-refractivity contribution in [2.75, 3.05) is 0 Å². The lowest BCUT2D eigenvalue weighted by Gasteiger charge is -2.58. The molecule has 170 valence electrons. The van der Waals surface area contributed by atoms with Gasteiger partial charge in [0.25, 0.3) is 0 Å². The second-order valence-corrected chi connectivity index (χ2v) is 13.3. The molecule has 0 heterocycles. The Balaban J connectivity index is 1.28. The average molecular weight is 413 g/mol. The topological polar surface area (TPSA) is 20.2 Å². The number of aliphatic hydroxyl groups excluding tert-OH is 1. The van der Waals surface area contributed by atoms with E-state index in [4.69, 9.17) is 0 Å². The molecule has 1 N–H and O–H groups in total. The Labute approximate surface area is 186 Å². The summed E-state index contributed by atoms with van der Waals surface area (Å²) in [5.74, 6) is 7.60. The highest BCUT2D eigenvalue weighted by atomic mass is 16.3. The fourth-order valence-corrected chi connectivity index (χ4v) is 9.70. The Morgan fingerprint density at radius 3 is 2.47 bits per heavy atom. The molecule has 0 aromatic rings. The first-order chi connectivity index (χ1) is 14.2. The lowest BCUT2D eigenvalue weighted by Crippen LogP contribution is -2.50. The van der Waals surface area contributed by atoms with Crippen LogP contribution in [0.3, 0.4) is 0 Å². The van der Waals surface area contributed by atoms with Crippen LogP contribution in [-0.2, 0) is 0 Å². The van der Waals surface area contributed by atoms with E-state index >= 15 is 0 Å². The molecule has 0 aromatic heterocycles. The summed E-state index contributed by atoms with van der Waals surface area (Å²) in [4.78, 5) is 0. The van der Waals surface area contributed by atoms with Crippen LogP contribution < -0.4 is 0 Å². The Kier molecular flexibility index (Phi) is 5.48. The zero-order chi connectivity index (χ0) is 21.3. The van der Waals surface area contributed by atoms with E-state index in [0.717, 1.165) is 60.2 Å². The maximum Gasteiger partial charge on any atom is 0.0577 e. The highest BCUT2D eigenvalue weighted by molar-refractivity contribution is 5.25. The monoisotopic (exact) mass is 412 g/mol. The van der Waals surface area contributed by atoms with Gasteiger partial charge in [-0.2, -0.15) is 0 Å². The third kappa shape index (κ3) is 3.36. The normalized spacial score (nSPS) is 51.9. The maximum atomic E-state index is 10.2. The fraction of sp³-hybridized carbons (Fsp3) is 0.931. The molecule has 0 saturated heterocycles. The molecule has 1 heteroatoms. The van der Waals surface area contributed by atoms with Crippen molar-refractivity contribution < 1.29 is 5.11 Å². The van der Waals surface area contributed by atoms with Gasteiger partial charge in [-0.1, -0.05) is 59.1 Å². The molecule has 0 aromatic carbocycles. The molecular formula is C29H48O. The van der Waals surface area contributed by atoms with Crippen LogP contribution in [0, 0.1) is 58.2 Å². The van der Waals surface area contributed by atoms with E-state index in [1.165, 1.54) is 57.8 Å². The highest BCUT2D eigenvalue weighted by Gasteiger charge is 2.59. The summed E-state index contributed by atoms with van der Waals surface area (Å²) in [7, 11) is 0. The molecule has 0 unspecified atom stereocenters.